The fraction of sp³-hybridized carbons (Fsp3) is 0.273. The van der Waals surface area contributed by atoms with Crippen LogP contribution in [0.1, 0.15) is 6.92 Å². The van der Waals surface area contributed by atoms with Gasteiger partial charge < -0.3 is 14.5 Å². The zero-order valence-corrected chi connectivity index (χ0v) is 8.28. The topological polar surface area (TPSA) is 34.2 Å². The summed E-state index contributed by atoms with van der Waals surface area (Å²) in [6, 6.07) is 7.92. The van der Waals surface area contributed by atoms with Crippen LogP contribution in [0.25, 0.3) is 10.9 Å². The van der Waals surface area contributed by atoms with E-state index >= 15 is 0 Å². The highest BCUT2D eigenvalue weighted by Crippen LogP contribution is 2.20. The van der Waals surface area contributed by atoms with Gasteiger partial charge in [0.1, 0.15) is 5.75 Å². The van der Waals surface area contributed by atoms with Gasteiger partial charge in [0, 0.05) is 24.2 Å². The number of hydrogen-bond donors (Lipinski definition) is 1. The van der Waals surface area contributed by atoms with E-state index in [1.807, 2.05) is 37.4 Å². The molecule has 0 aliphatic heterocycles. The Labute approximate surface area is 82.6 Å². The zero-order valence-electron chi connectivity index (χ0n) is 8.28. The normalized spacial score (nSPS) is 13.0. The van der Waals surface area contributed by atoms with Crippen molar-refractivity contribution in [3.05, 3.63) is 30.5 Å². The maximum Gasteiger partial charge on any atom is 0.196 e. The summed E-state index contributed by atoms with van der Waals surface area (Å²) in [5, 5.41) is 1.14. The van der Waals surface area contributed by atoms with E-state index in [0.29, 0.717) is 0 Å². The molecule has 0 bridgehead atoms. The highest BCUT2D eigenvalue weighted by atomic mass is 16.7. The molecule has 0 fully saturated rings. The van der Waals surface area contributed by atoms with Gasteiger partial charge in [-0.3, -0.25) is 0 Å². The minimum Gasteiger partial charge on any atom is -0.465 e. The fourth-order valence-electron chi connectivity index (χ4n) is 1.34. The van der Waals surface area contributed by atoms with Crippen molar-refractivity contribution < 1.29 is 9.47 Å². The number of H-pyrrole nitrogens is 1. The van der Waals surface area contributed by atoms with Crippen LogP contribution in [0, 0.1) is 0 Å². The standard InChI is InChI=1S/C11H13NO2/c1-8(13-2)14-10-3-4-11-9(7-10)5-6-12-11/h3-8,12H,1-2H3. The number of fused-ring (bicyclic) bond motifs is 1. The minimum absolute atomic E-state index is 0.216. The largest absolute Gasteiger partial charge is 0.465 e. The molecule has 0 saturated heterocycles. The lowest BCUT2D eigenvalue weighted by molar-refractivity contribution is -0.0381. The van der Waals surface area contributed by atoms with E-state index in [4.69, 9.17) is 9.47 Å². The fourth-order valence-corrected chi connectivity index (χ4v) is 1.34. The lowest BCUT2D eigenvalue weighted by Crippen LogP contribution is -2.13. The predicted octanol–water partition coefficient (Wildman–Crippen LogP) is 2.54. The first-order valence-electron chi connectivity index (χ1n) is 4.56. The summed E-state index contributed by atoms with van der Waals surface area (Å²) < 4.78 is 10.5. The first kappa shape index (κ1) is 9.09. The maximum atomic E-state index is 5.50. The molecule has 0 saturated carbocycles. The predicted molar refractivity (Wildman–Crippen MR) is 55.4 cm³/mol. The van der Waals surface area contributed by atoms with Crippen molar-refractivity contribution in [2.75, 3.05) is 7.11 Å². The van der Waals surface area contributed by atoms with Crippen molar-refractivity contribution in [2.45, 2.75) is 13.2 Å². The number of ether oxygens (including phenoxy) is 2. The average Bonchev–Trinajstić information content (AvgIpc) is 2.64. The van der Waals surface area contributed by atoms with Gasteiger partial charge in [-0.25, -0.2) is 0 Å². The number of aromatic nitrogens is 1. The van der Waals surface area contributed by atoms with Crippen LogP contribution in [0.4, 0.5) is 0 Å². The molecule has 1 N–H and O–H groups in total. The maximum absolute atomic E-state index is 5.50. The number of aromatic amines is 1. The van der Waals surface area contributed by atoms with E-state index in [1.165, 1.54) is 0 Å². The second-order valence-corrected chi connectivity index (χ2v) is 3.15. The highest BCUT2D eigenvalue weighted by molar-refractivity contribution is 5.80. The molecule has 0 spiro atoms. The van der Waals surface area contributed by atoms with E-state index < -0.39 is 0 Å². The third-order valence-corrected chi connectivity index (χ3v) is 2.16. The Balaban J connectivity index is 2.25. The first-order valence-corrected chi connectivity index (χ1v) is 4.56. The Morgan fingerprint density at radius 2 is 2.14 bits per heavy atom. The van der Waals surface area contributed by atoms with Crippen LogP contribution < -0.4 is 4.74 Å². The van der Waals surface area contributed by atoms with E-state index in [0.717, 1.165) is 16.7 Å². The molecule has 2 rings (SSSR count). The summed E-state index contributed by atoms with van der Waals surface area (Å²) >= 11 is 0. The van der Waals surface area contributed by atoms with E-state index in [-0.39, 0.29) is 6.29 Å². The van der Waals surface area contributed by atoms with Gasteiger partial charge >= 0.3 is 0 Å². The van der Waals surface area contributed by atoms with Gasteiger partial charge in [-0.05, 0) is 31.2 Å². The lowest BCUT2D eigenvalue weighted by Gasteiger charge is -2.12. The molecule has 14 heavy (non-hydrogen) atoms. The zero-order chi connectivity index (χ0) is 9.97. The smallest absolute Gasteiger partial charge is 0.196 e. The number of nitrogens with one attached hydrogen (secondary N) is 1. The number of methoxy groups -OCH3 is 1. The van der Waals surface area contributed by atoms with Crippen molar-refractivity contribution in [2.24, 2.45) is 0 Å². The molecule has 1 aromatic heterocycles. The Kier molecular flexibility index (Phi) is 2.41. The van der Waals surface area contributed by atoms with Gasteiger partial charge in [-0.1, -0.05) is 0 Å². The highest BCUT2D eigenvalue weighted by Gasteiger charge is 2.02. The third kappa shape index (κ3) is 1.72. The number of rotatable bonds is 3. The molecule has 0 radical (unpaired) electrons. The molecular formula is C11H13NO2. The van der Waals surface area contributed by atoms with Gasteiger partial charge in [0.25, 0.3) is 0 Å². The second-order valence-electron chi connectivity index (χ2n) is 3.15. The molecule has 3 heteroatoms. The number of benzene rings is 1. The number of hydrogen-bond acceptors (Lipinski definition) is 2. The summed E-state index contributed by atoms with van der Waals surface area (Å²) in [6.45, 7) is 1.86. The van der Waals surface area contributed by atoms with Crippen LogP contribution in [0.15, 0.2) is 30.5 Å². The summed E-state index contributed by atoms with van der Waals surface area (Å²) in [6.07, 6.45) is 1.69. The molecule has 1 heterocycles. The molecule has 1 unspecified atom stereocenters. The van der Waals surface area contributed by atoms with Gasteiger partial charge in [0.2, 0.25) is 0 Å². The third-order valence-electron chi connectivity index (χ3n) is 2.16. The monoisotopic (exact) mass is 191 g/mol. The van der Waals surface area contributed by atoms with Gasteiger partial charge in [0.15, 0.2) is 6.29 Å². The van der Waals surface area contributed by atoms with Crippen molar-refractivity contribution in [1.82, 2.24) is 4.98 Å². The molecular weight excluding hydrogens is 178 g/mol. The molecule has 2 aromatic rings. The van der Waals surface area contributed by atoms with Crippen molar-refractivity contribution in [1.29, 1.82) is 0 Å². The van der Waals surface area contributed by atoms with Crippen LogP contribution in [-0.4, -0.2) is 18.4 Å². The molecule has 74 valence electrons. The molecule has 0 aliphatic rings. The second kappa shape index (κ2) is 3.72. The Bertz CT molecular complexity index is 422. The van der Waals surface area contributed by atoms with Crippen molar-refractivity contribution in [3.8, 4) is 5.75 Å². The van der Waals surface area contributed by atoms with Crippen LogP contribution in [-0.2, 0) is 4.74 Å². The van der Waals surface area contributed by atoms with Crippen LogP contribution >= 0.6 is 0 Å². The Hall–Kier alpha value is -1.48. The van der Waals surface area contributed by atoms with E-state index in [9.17, 15) is 0 Å². The quantitative estimate of drug-likeness (QED) is 0.756. The van der Waals surface area contributed by atoms with Gasteiger partial charge in [0.05, 0.1) is 0 Å². The molecule has 1 aromatic carbocycles. The lowest BCUT2D eigenvalue weighted by atomic mass is 10.2. The van der Waals surface area contributed by atoms with Crippen molar-refractivity contribution in [3.63, 3.8) is 0 Å². The Morgan fingerprint density at radius 1 is 1.29 bits per heavy atom. The van der Waals surface area contributed by atoms with Crippen LogP contribution in [0.2, 0.25) is 0 Å². The molecule has 3 nitrogen and oxygen atoms in total. The van der Waals surface area contributed by atoms with E-state index in [2.05, 4.69) is 4.98 Å². The first-order chi connectivity index (χ1) is 6.79. The Morgan fingerprint density at radius 3 is 2.93 bits per heavy atom. The molecule has 0 amide bonds. The van der Waals surface area contributed by atoms with Crippen molar-refractivity contribution >= 4 is 10.9 Å². The minimum atomic E-state index is -0.216. The van der Waals surface area contributed by atoms with Gasteiger partial charge in [-0.2, -0.15) is 0 Å². The molecule has 1 atom stereocenters. The summed E-state index contributed by atoms with van der Waals surface area (Å²) in [5.74, 6) is 0.825. The SMILES string of the molecule is COC(C)Oc1ccc2[nH]ccc2c1. The average molecular weight is 191 g/mol. The van der Waals surface area contributed by atoms with E-state index in [1.54, 1.807) is 7.11 Å². The summed E-state index contributed by atoms with van der Waals surface area (Å²) in [4.78, 5) is 3.13. The molecule has 0 aliphatic carbocycles. The van der Waals surface area contributed by atoms with Crippen LogP contribution in [0.3, 0.4) is 0 Å². The summed E-state index contributed by atoms with van der Waals surface area (Å²) in [7, 11) is 1.62. The summed E-state index contributed by atoms with van der Waals surface area (Å²) in [5.41, 5.74) is 1.11. The van der Waals surface area contributed by atoms with Crippen LogP contribution in [0.5, 0.6) is 5.75 Å². The van der Waals surface area contributed by atoms with Gasteiger partial charge in [-0.15, -0.1) is 0 Å².